The Morgan fingerprint density at radius 2 is 1.71 bits per heavy atom. The Morgan fingerprint density at radius 3 is 2.26 bits per heavy atom. The number of rotatable bonds is 13. The largest absolute Gasteiger partial charge is 0.392 e. The fourth-order valence-electron chi connectivity index (χ4n) is 3.31. The standard InChI is InChI=1S/C18H26F6N5O4PS/c1-2-3-4-5-8-35-14-12-13(27-15(25)28-14)29(11-26-12)6-7-33-16(34(30,31)32,9-17(19,20)21)10-18(22,23)24/h11H,2-10H2,1H3,(H2,25,27,28)(H2,30,31,32). The van der Waals surface area contributed by atoms with Crippen LogP contribution in [0.4, 0.5) is 32.3 Å². The number of nitrogens with zero attached hydrogens (tertiary/aromatic N) is 4. The molecule has 2 heterocycles. The zero-order valence-corrected chi connectivity index (χ0v) is 20.4. The number of fused-ring (bicyclic) bond motifs is 1. The summed E-state index contributed by atoms with van der Waals surface area (Å²) in [6.07, 6.45) is -10.3. The number of hydrogen-bond donors (Lipinski definition) is 3. The van der Waals surface area contributed by atoms with E-state index < -0.39 is 51.3 Å². The Kier molecular flexibility index (Phi) is 9.84. The monoisotopic (exact) mass is 553 g/mol. The number of aromatic nitrogens is 4. The van der Waals surface area contributed by atoms with Crippen LogP contribution in [0.15, 0.2) is 11.4 Å². The maximum absolute atomic E-state index is 13.0. The van der Waals surface area contributed by atoms with Crippen molar-refractivity contribution in [2.24, 2.45) is 0 Å². The highest BCUT2D eigenvalue weighted by Gasteiger charge is 2.59. The minimum absolute atomic E-state index is 0.116. The summed E-state index contributed by atoms with van der Waals surface area (Å²) in [6, 6.07) is 0. The number of anilines is 1. The van der Waals surface area contributed by atoms with Gasteiger partial charge < -0.3 is 24.8 Å². The lowest BCUT2D eigenvalue weighted by molar-refractivity contribution is -0.211. The Morgan fingerprint density at radius 1 is 1.09 bits per heavy atom. The summed E-state index contributed by atoms with van der Waals surface area (Å²) in [5.74, 6) is 0.608. The van der Waals surface area contributed by atoms with Crippen LogP contribution in [0.1, 0.15) is 45.4 Å². The average molecular weight is 553 g/mol. The molecule has 0 radical (unpaired) electrons. The van der Waals surface area contributed by atoms with E-state index in [2.05, 4.69) is 21.9 Å². The molecule has 2 aromatic rings. The molecule has 2 aromatic heterocycles. The molecule has 0 bridgehead atoms. The van der Waals surface area contributed by atoms with Gasteiger partial charge in [0.1, 0.15) is 10.5 Å². The third-order valence-corrected chi connectivity index (χ3v) is 7.43. The highest BCUT2D eigenvalue weighted by atomic mass is 32.2. The lowest BCUT2D eigenvalue weighted by Gasteiger charge is -2.35. The second-order valence-electron chi connectivity index (χ2n) is 7.83. The van der Waals surface area contributed by atoms with Crippen LogP contribution in [0, 0.1) is 0 Å². The minimum Gasteiger partial charge on any atom is -0.368 e. The third-order valence-electron chi connectivity index (χ3n) is 4.87. The summed E-state index contributed by atoms with van der Waals surface area (Å²) in [5.41, 5.74) is 6.22. The number of nitrogens with two attached hydrogens (primary N) is 1. The summed E-state index contributed by atoms with van der Waals surface area (Å²) in [5, 5.41) is -3.37. The van der Waals surface area contributed by atoms with E-state index in [4.69, 9.17) is 10.5 Å². The second kappa shape index (κ2) is 11.6. The van der Waals surface area contributed by atoms with Crippen molar-refractivity contribution in [1.82, 2.24) is 19.5 Å². The maximum Gasteiger partial charge on any atom is 0.392 e. The van der Waals surface area contributed by atoms with Crippen LogP contribution < -0.4 is 5.73 Å². The molecule has 35 heavy (non-hydrogen) atoms. The van der Waals surface area contributed by atoms with Gasteiger partial charge in [0.05, 0.1) is 25.8 Å². The number of alkyl halides is 6. The molecule has 0 aliphatic carbocycles. The number of nitrogen functional groups attached to an aromatic ring is 1. The predicted molar refractivity (Wildman–Crippen MR) is 117 cm³/mol. The molecular formula is C18H26F6N5O4PS. The first kappa shape index (κ1) is 29.6. The molecule has 0 amide bonds. The first-order chi connectivity index (χ1) is 16.1. The van der Waals surface area contributed by atoms with Crippen LogP contribution in [0.2, 0.25) is 0 Å². The molecule has 17 heteroatoms. The van der Waals surface area contributed by atoms with E-state index >= 15 is 0 Å². The van der Waals surface area contributed by atoms with Gasteiger partial charge in [-0.05, 0) is 12.2 Å². The molecule has 0 aliphatic rings. The van der Waals surface area contributed by atoms with E-state index in [1.807, 2.05) is 0 Å². The zero-order valence-electron chi connectivity index (χ0n) is 18.6. The van der Waals surface area contributed by atoms with Crippen LogP contribution in [-0.4, -0.2) is 59.4 Å². The van der Waals surface area contributed by atoms with E-state index in [-0.39, 0.29) is 11.6 Å². The number of ether oxygens (including phenoxy) is 1. The van der Waals surface area contributed by atoms with Crippen LogP contribution >= 0.6 is 19.4 Å². The summed E-state index contributed by atoms with van der Waals surface area (Å²) >= 11 is 1.38. The molecule has 0 aromatic carbocycles. The Bertz CT molecular complexity index is 1010. The number of hydrogen-bond acceptors (Lipinski definition) is 7. The topological polar surface area (TPSA) is 136 Å². The minimum atomic E-state index is -6.03. The molecule has 0 fully saturated rings. The smallest absolute Gasteiger partial charge is 0.368 e. The summed E-state index contributed by atoms with van der Waals surface area (Å²) < 4.78 is 95.6. The normalized spacial score (nSPS) is 13.6. The summed E-state index contributed by atoms with van der Waals surface area (Å²) in [6.45, 7) is 0.783. The van der Waals surface area contributed by atoms with Gasteiger partial charge in [-0.15, -0.1) is 11.8 Å². The van der Waals surface area contributed by atoms with E-state index in [0.717, 1.165) is 31.4 Å². The Hall–Kier alpha value is -1.61. The van der Waals surface area contributed by atoms with Gasteiger partial charge in [-0.3, -0.25) is 4.57 Å². The quantitative estimate of drug-likeness (QED) is 0.104. The predicted octanol–water partition coefficient (Wildman–Crippen LogP) is 4.88. The summed E-state index contributed by atoms with van der Waals surface area (Å²) in [4.78, 5) is 31.1. The molecule has 0 unspecified atom stereocenters. The molecule has 0 saturated heterocycles. The van der Waals surface area contributed by atoms with E-state index in [0.29, 0.717) is 10.5 Å². The first-order valence-corrected chi connectivity index (χ1v) is 13.1. The van der Waals surface area contributed by atoms with Crippen molar-refractivity contribution >= 4 is 36.5 Å². The third kappa shape index (κ3) is 8.77. The molecule has 0 aliphatic heterocycles. The van der Waals surface area contributed by atoms with E-state index in [1.165, 1.54) is 22.7 Å². The van der Waals surface area contributed by atoms with Gasteiger partial charge in [-0.2, -0.15) is 31.3 Å². The molecule has 0 atom stereocenters. The molecule has 9 nitrogen and oxygen atoms in total. The van der Waals surface area contributed by atoms with Gasteiger partial charge >= 0.3 is 19.9 Å². The van der Waals surface area contributed by atoms with Crippen molar-refractivity contribution in [3.8, 4) is 0 Å². The fraction of sp³-hybridized carbons (Fsp3) is 0.722. The van der Waals surface area contributed by atoms with Crippen molar-refractivity contribution in [2.75, 3.05) is 18.1 Å². The first-order valence-electron chi connectivity index (χ1n) is 10.5. The molecule has 4 N–H and O–H groups in total. The zero-order chi connectivity index (χ0) is 26.5. The molecule has 0 spiro atoms. The maximum atomic E-state index is 13.0. The van der Waals surface area contributed by atoms with Crippen molar-refractivity contribution < 1.29 is 45.4 Å². The molecular weight excluding hydrogens is 527 g/mol. The van der Waals surface area contributed by atoms with Crippen LogP contribution in [0.5, 0.6) is 0 Å². The van der Waals surface area contributed by atoms with Crippen molar-refractivity contribution in [3.63, 3.8) is 0 Å². The number of imidazole rings is 1. The van der Waals surface area contributed by atoms with Gasteiger partial charge in [0, 0.05) is 6.54 Å². The number of halogens is 6. The Balaban J connectivity index is 2.23. The number of thioether (sulfide) groups is 1. The number of unbranched alkanes of at least 4 members (excludes halogenated alkanes) is 3. The van der Waals surface area contributed by atoms with Gasteiger partial charge in [0.25, 0.3) is 0 Å². The lowest BCUT2D eigenvalue weighted by atomic mass is 10.1. The Labute approximate surface area is 201 Å². The van der Waals surface area contributed by atoms with Crippen LogP contribution in [0.3, 0.4) is 0 Å². The van der Waals surface area contributed by atoms with Gasteiger partial charge in [0.2, 0.25) is 5.95 Å². The fourth-order valence-corrected chi connectivity index (χ4v) is 5.32. The van der Waals surface area contributed by atoms with Crippen molar-refractivity contribution in [2.45, 2.75) is 74.7 Å². The molecule has 200 valence electrons. The highest BCUT2D eigenvalue weighted by Crippen LogP contribution is 2.60. The average Bonchev–Trinajstić information content (AvgIpc) is 3.07. The van der Waals surface area contributed by atoms with Crippen LogP contribution in [0.25, 0.3) is 11.2 Å². The van der Waals surface area contributed by atoms with E-state index in [1.54, 1.807) is 0 Å². The van der Waals surface area contributed by atoms with Crippen molar-refractivity contribution in [1.29, 1.82) is 0 Å². The van der Waals surface area contributed by atoms with Crippen LogP contribution in [-0.2, 0) is 15.8 Å². The second-order valence-corrected chi connectivity index (χ2v) is 10.8. The highest BCUT2D eigenvalue weighted by molar-refractivity contribution is 7.99. The van der Waals surface area contributed by atoms with Gasteiger partial charge in [0.15, 0.2) is 11.0 Å². The van der Waals surface area contributed by atoms with Gasteiger partial charge in [-0.1, -0.05) is 26.2 Å². The summed E-state index contributed by atoms with van der Waals surface area (Å²) in [7, 11) is -6.03. The van der Waals surface area contributed by atoms with Gasteiger partial charge in [-0.25, -0.2) is 9.97 Å². The lowest BCUT2D eigenvalue weighted by Crippen LogP contribution is -2.42. The van der Waals surface area contributed by atoms with Crippen molar-refractivity contribution in [3.05, 3.63) is 6.33 Å². The molecule has 2 rings (SSSR count). The molecule has 0 saturated carbocycles. The SMILES string of the molecule is CCCCCCSc1nc(N)nc2c1ncn2CCOC(CC(F)(F)F)(CC(F)(F)F)P(=O)(O)O. The van der Waals surface area contributed by atoms with E-state index in [9.17, 15) is 40.7 Å².